The Morgan fingerprint density at radius 3 is 2.74 bits per heavy atom. The van der Waals surface area contributed by atoms with Gasteiger partial charge in [0.1, 0.15) is 18.0 Å². The summed E-state index contributed by atoms with van der Waals surface area (Å²) in [5.41, 5.74) is 7.94. The van der Waals surface area contributed by atoms with Gasteiger partial charge in [0.05, 0.1) is 7.11 Å². The quantitative estimate of drug-likeness (QED) is 0.736. The van der Waals surface area contributed by atoms with Gasteiger partial charge in [-0.05, 0) is 18.2 Å². The first-order chi connectivity index (χ1) is 11.2. The van der Waals surface area contributed by atoms with Crippen LogP contribution < -0.4 is 10.5 Å². The number of nitrogens with zero attached hydrogens (tertiary/aromatic N) is 2. The Kier molecular flexibility index (Phi) is 4.10. The van der Waals surface area contributed by atoms with Crippen LogP contribution in [0.4, 0.5) is 5.69 Å². The third-order valence-electron chi connectivity index (χ3n) is 3.57. The van der Waals surface area contributed by atoms with E-state index in [1.165, 1.54) is 0 Å². The first kappa shape index (κ1) is 14.8. The van der Waals surface area contributed by atoms with Crippen LogP contribution >= 0.6 is 0 Å². The highest BCUT2D eigenvalue weighted by molar-refractivity contribution is 6.00. The fraction of sp³-hybridized carbons (Fsp3) is 0.111. The average Bonchev–Trinajstić information content (AvgIpc) is 2.90. The van der Waals surface area contributed by atoms with Crippen molar-refractivity contribution in [3.8, 4) is 5.75 Å². The lowest BCUT2D eigenvalue weighted by molar-refractivity contribution is -0.118. The maximum atomic E-state index is 11.2. The molecule has 1 amide bonds. The molecule has 0 bridgehead atoms. The molecule has 2 aromatic carbocycles. The van der Waals surface area contributed by atoms with Gasteiger partial charge in [-0.3, -0.25) is 9.79 Å². The molecule has 0 saturated carbocycles. The van der Waals surface area contributed by atoms with E-state index in [0.717, 1.165) is 22.2 Å². The van der Waals surface area contributed by atoms with Crippen LogP contribution in [0.1, 0.15) is 5.56 Å². The third-order valence-corrected chi connectivity index (χ3v) is 3.57. The number of rotatable bonds is 5. The number of nitrogens with two attached hydrogens (primary N) is 1. The topological polar surface area (TPSA) is 69.6 Å². The molecule has 0 fully saturated rings. The zero-order valence-electron chi connectivity index (χ0n) is 12.8. The lowest BCUT2D eigenvalue weighted by Crippen LogP contribution is -2.17. The van der Waals surface area contributed by atoms with Crippen LogP contribution in [0.2, 0.25) is 0 Å². The minimum Gasteiger partial charge on any atom is -0.494 e. The third kappa shape index (κ3) is 3.08. The number of carbonyl (C=O) groups excluding carboxylic acids is 1. The molecule has 0 aliphatic heterocycles. The van der Waals surface area contributed by atoms with Crippen molar-refractivity contribution in [2.24, 2.45) is 10.7 Å². The van der Waals surface area contributed by atoms with E-state index in [2.05, 4.69) is 4.99 Å². The highest BCUT2D eigenvalue weighted by Gasteiger charge is 2.08. The predicted molar refractivity (Wildman–Crippen MR) is 91.4 cm³/mol. The van der Waals surface area contributed by atoms with E-state index in [9.17, 15) is 4.79 Å². The number of carbonyl (C=O) groups is 1. The van der Waals surface area contributed by atoms with Crippen LogP contribution in [0, 0.1) is 0 Å². The number of fused-ring (bicyclic) bond motifs is 1. The van der Waals surface area contributed by atoms with Crippen molar-refractivity contribution in [3.05, 3.63) is 60.3 Å². The second-order valence-corrected chi connectivity index (χ2v) is 5.13. The number of aliphatic imine (C=N–C) groups is 1. The summed E-state index contributed by atoms with van der Waals surface area (Å²) in [6, 6.07) is 15.4. The summed E-state index contributed by atoms with van der Waals surface area (Å²) < 4.78 is 7.13. The minimum atomic E-state index is -0.376. The molecule has 5 nitrogen and oxygen atoms in total. The number of hydrogen-bond donors (Lipinski definition) is 1. The summed E-state index contributed by atoms with van der Waals surface area (Å²) in [6.07, 6.45) is 3.66. The molecule has 0 atom stereocenters. The van der Waals surface area contributed by atoms with Gasteiger partial charge in [-0.25, -0.2) is 0 Å². The van der Waals surface area contributed by atoms with Gasteiger partial charge in [0.2, 0.25) is 5.91 Å². The zero-order valence-corrected chi connectivity index (χ0v) is 12.8. The summed E-state index contributed by atoms with van der Waals surface area (Å²) in [4.78, 5) is 15.7. The lowest BCUT2D eigenvalue weighted by Gasteiger charge is -2.02. The highest BCUT2D eigenvalue weighted by Crippen LogP contribution is 2.27. The van der Waals surface area contributed by atoms with Gasteiger partial charge in [-0.15, -0.1) is 0 Å². The van der Waals surface area contributed by atoms with Gasteiger partial charge >= 0.3 is 0 Å². The van der Waals surface area contributed by atoms with Crippen molar-refractivity contribution >= 4 is 28.7 Å². The van der Waals surface area contributed by atoms with Gasteiger partial charge < -0.3 is 15.0 Å². The van der Waals surface area contributed by atoms with Crippen molar-refractivity contribution in [2.45, 2.75) is 6.54 Å². The molecule has 5 heteroatoms. The molecular weight excluding hydrogens is 290 g/mol. The number of benzene rings is 2. The van der Waals surface area contributed by atoms with E-state index in [-0.39, 0.29) is 12.5 Å². The number of methoxy groups -OCH3 is 1. The molecule has 23 heavy (non-hydrogen) atoms. The second kappa shape index (κ2) is 6.36. The summed E-state index contributed by atoms with van der Waals surface area (Å²) in [7, 11) is 1.62. The molecular formula is C18H17N3O2. The molecule has 1 heterocycles. The summed E-state index contributed by atoms with van der Waals surface area (Å²) in [5, 5.41) is 1.02. The van der Waals surface area contributed by atoms with Crippen LogP contribution in [0.5, 0.6) is 5.75 Å². The van der Waals surface area contributed by atoms with Crippen LogP contribution in [0.25, 0.3) is 10.9 Å². The number of para-hydroxylation sites is 3. The fourth-order valence-electron chi connectivity index (χ4n) is 2.55. The van der Waals surface area contributed by atoms with Crippen molar-refractivity contribution in [3.63, 3.8) is 0 Å². The molecule has 2 N–H and O–H groups in total. The Hall–Kier alpha value is -3.08. The Labute approximate surface area is 134 Å². The molecule has 1 aromatic heterocycles. The van der Waals surface area contributed by atoms with Crippen LogP contribution in [0.15, 0.2) is 59.7 Å². The standard InChI is InChI=1S/C18H17N3O2/c1-23-17-9-5-3-7-15(17)20-10-13-11-21(12-18(19)22)16-8-4-2-6-14(13)16/h2-11H,12H2,1H3,(H2,19,22). The monoisotopic (exact) mass is 307 g/mol. The van der Waals surface area contributed by atoms with Gasteiger partial charge in [-0.1, -0.05) is 30.3 Å². The zero-order chi connectivity index (χ0) is 16.2. The van der Waals surface area contributed by atoms with Crippen molar-refractivity contribution in [1.82, 2.24) is 4.57 Å². The molecule has 0 saturated heterocycles. The summed E-state index contributed by atoms with van der Waals surface area (Å²) >= 11 is 0. The molecule has 0 aliphatic rings. The lowest BCUT2D eigenvalue weighted by atomic mass is 10.2. The highest BCUT2D eigenvalue weighted by atomic mass is 16.5. The Bertz CT molecular complexity index is 881. The molecule has 116 valence electrons. The van der Waals surface area contributed by atoms with Crippen LogP contribution in [-0.4, -0.2) is 23.8 Å². The van der Waals surface area contributed by atoms with E-state index >= 15 is 0 Å². The van der Waals surface area contributed by atoms with E-state index in [4.69, 9.17) is 10.5 Å². The Balaban J connectivity index is 2.03. The molecule has 0 unspecified atom stereocenters. The van der Waals surface area contributed by atoms with E-state index in [1.807, 2.05) is 59.3 Å². The fourth-order valence-corrected chi connectivity index (χ4v) is 2.55. The SMILES string of the molecule is COc1ccccc1N=Cc1cn(CC(N)=O)c2ccccc12. The summed E-state index contributed by atoms with van der Waals surface area (Å²) in [5.74, 6) is 0.337. The molecule has 0 spiro atoms. The second-order valence-electron chi connectivity index (χ2n) is 5.13. The minimum absolute atomic E-state index is 0.142. The molecule has 0 aliphatic carbocycles. The number of hydrogen-bond acceptors (Lipinski definition) is 3. The maximum absolute atomic E-state index is 11.2. The first-order valence-corrected chi connectivity index (χ1v) is 7.22. The maximum Gasteiger partial charge on any atom is 0.237 e. The number of ether oxygens (including phenoxy) is 1. The smallest absolute Gasteiger partial charge is 0.237 e. The van der Waals surface area contributed by atoms with Crippen LogP contribution in [0.3, 0.4) is 0 Å². The normalized spacial score (nSPS) is 11.2. The number of aromatic nitrogens is 1. The first-order valence-electron chi connectivity index (χ1n) is 7.22. The van der Waals surface area contributed by atoms with Crippen LogP contribution in [-0.2, 0) is 11.3 Å². The van der Waals surface area contributed by atoms with Crippen molar-refractivity contribution < 1.29 is 9.53 Å². The van der Waals surface area contributed by atoms with Gasteiger partial charge in [0.15, 0.2) is 0 Å². The van der Waals surface area contributed by atoms with Gasteiger partial charge in [0.25, 0.3) is 0 Å². The Morgan fingerprint density at radius 1 is 1.22 bits per heavy atom. The van der Waals surface area contributed by atoms with Crippen molar-refractivity contribution in [2.75, 3.05) is 7.11 Å². The Morgan fingerprint density at radius 2 is 1.96 bits per heavy atom. The van der Waals surface area contributed by atoms with E-state index in [1.54, 1.807) is 13.3 Å². The van der Waals surface area contributed by atoms with E-state index < -0.39 is 0 Å². The van der Waals surface area contributed by atoms with Gasteiger partial charge in [-0.2, -0.15) is 0 Å². The average molecular weight is 307 g/mol. The molecule has 3 aromatic rings. The molecule has 3 rings (SSSR count). The summed E-state index contributed by atoms with van der Waals surface area (Å²) in [6.45, 7) is 0.142. The largest absolute Gasteiger partial charge is 0.494 e. The van der Waals surface area contributed by atoms with E-state index in [0.29, 0.717) is 5.75 Å². The number of amides is 1. The molecule has 0 radical (unpaired) electrons. The number of primary amides is 1. The van der Waals surface area contributed by atoms with Crippen molar-refractivity contribution in [1.29, 1.82) is 0 Å². The predicted octanol–water partition coefficient (Wildman–Crippen LogP) is 2.89. The van der Waals surface area contributed by atoms with Gasteiger partial charge in [0, 0.05) is 28.9 Å².